The topological polar surface area (TPSA) is 24.9 Å². The number of fused-ring (bicyclic) bond motifs is 1. The van der Waals surface area contributed by atoms with Crippen molar-refractivity contribution in [1.29, 1.82) is 0 Å². The molecule has 4 heteroatoms. The average molecular weight is 362 g/mol. The maximum Gasteiger partial charge on any atom is 0.134 e. The summed E-state index contributed by atoms with van der Waals surface area (Å²) in [5.74, 6) is 1.43. The molecule has 0 aliphatic heterocycles. The Kier molecular flexibility index (Phi) is 4.42. The van der Waals surface area contributed by atoms with Crippen LogP contribution >= 0.6 is 27.5 Å². The van der Waals surface area contributed by atoms with Gasteiger partial charge in [0.2, 0.25) is 0 Å². The Bertz CT molecular complexity index is 774. The summed E-state index contributed by atoms with van der Waals surface area (Å²) in [4.78, 5) is 4.45. The molecule has 0 fully saturated rings. The summed E-state index contributed by atoms with van der Waals surface area (Å²) < 4.78 is 1.08. The van der Waals surface area contributed by atoms with Crippen molar-refractivity contribution in [2.45, 2.75) is 12.4 Å². The zero-order chi connectivity index (χ0) is 14.7. The molecule has 0 atom stereocenters. The highest BCUT2D eigenvalue weighted by Gasteiger charge is 2.04. The van der Waals surface area contributed by atoms with Crippen molar-refractivity contribution in [3.63, 3.8) is 0 Å². The number of halogens is 2. The molecule has 0 saturated carbocycles. The Balaban J connectivity index is 1.87. The van der Waals surface area contributed by atoms with Gasteiger partial charge in [0.05, 0.1) is 0 Å². The molecular weight excluding hydrogens is 348 g/mol. The summed E-state index contributed by atoms with van der Waals surface area (Å²) in [6.45, 7) is 0.726. The van der Waals surface area contributed by atoms with Gasteiger partial charge in [0, 0.05) is 33.9 Å². The van der Waals surface area contributed by atoms with E-state index in [1.165, 1.54) is 5.56 Å². The fraction of sp³-hybridized carbons (Fsp3) is 0.118. The van der Waals surface area contributed by atoms with E-state index in [0.717, 1.165) is 33.2 Å². The van der Waals surface area contributed by atoms with Crippen LogP contribution in [0, 0.1) is 0 Å². The van der Waals surface area contributed by atoms with Gasteiger partial charge < -0.3 is 5.32 Å². The van der Waals surface area contributed by atoms with Crippen LogP contribution in [-0.2, 0) is 12.4 Å². The van der Waals surface area contributed by atoms with E-state index >= 15 is 0 Å². The maximum atomic E-state index is 5.87. The molecule has 3 rings (SSSR count). The molecule has 1 N–H and O–H groups in total. The highest BCUT2D eigenvalue weighted by Crippen LogP contribution is 2.27. The second-order valence-electron chi connectivity index (χ2n) is 4.80. The van der Waals surface area contributed by atoms with Crippen molar-refractivity contribution in [1.82, 2.24) is 4.98 Å². The van der Waals surface area contributed by atoms with Crippen LogP contribution in [0.15, 0.2) is 59.2 Å². The fourth-order valence-electron chi connectivity index (χ4n) is 2.32. The van der Waals surface area contributed by atoms with Crippen LogP contribution in [0.5, 0.6) is 0 Å². The van der Waals surface area contributed by atoms with Gasteiger partial charge in [0.25, 0.3) is 0 Å². The number of nitrogens with one attached hydrogen (secondary N) is 1. The molecule has 0 radical (unpaired) electrons. The monoisotopic (exact) mass is 360 g/mol. The lowest BCUT2D eigenvalue weighted by atomic mass is 10.1. The van der Waals surface area contributed by atoms with Crippen LogP contribution in [0.3, 0.4) is 0 Å². The van der Waals surface area contributed by atoms with E-state index in [2.05, 4.69) is 44.4 Å². The van der Waals surface area contributed by atoms with E-state index in [-0.39, 0.29) is 0 Å². The third-order valence-corrected chi connectivity index (χ3v) is 4.36. The summed E-state index contributed by atoms with van der Waals surface area (Å²) in [7, 11) is 0. The number of rotatable bonds is 4. The molecule has 2 aromatic carbocycles. The van der Waals surface area contributed by atoms with Gasteiger partial charge in [-0.3, -0.25) is 0 Å². The molecule has 21 heavy (non-hydrogen) atoms. The Hall–Kier alpha value is -1.58. The second-order valence-corrected chi connectivity index (χ2v) is 5.92. The number of hydrogen-bond donors (Lipinski definition) is 1. The molecule has 0 bridgehead atoms. The first-order chi connectivity index (χ1) is 10.3. The lowest BCUT2D eigenvalue weighted by Gasteiger charge is -2.10. The minimum Gasteiger partial charge on any atom is -0.365 e. The second kappa shape index (κ2) is 6.46. The normalized spacial score (nSPS) is 10.8. The van der Waals surface area contributed by atoms with Crippen molar-refractivity contribution < 1.29 is 0 Å². The third kappa shape index (κ3) is 3.20. The van der Waals surface area contributed by atoms with Crippen molar-refractivity contribution in [3.05, 3.63) is 70.3 Å². The van der Waals surface area contributed by atoms with Gasteiger partial charge in [0.15, 0.2) is 0 Å². The van der Waals surface area contributed by atoms with Crippen LogP contribution in [0.25, 0.3) is 10.8 Å². The van der Waals surface area contributed by atoms with E-state index in [1.807, 2.05) is 36.5 Å². The Morgan fingerprint density at radius 2 is 1.81 bits per heavy atom. The Morgan fingerprint density at radius 3 is 2.67 bits per heavy atom. The van der Waals surface area contributed by atoms with Crippen LogP contribution < -0.4 is 5.32 Å². The summed E-state index contributed by atoms with van der Waals surface area (Å²) in [6, 6.07) is 16.4. The number of nitrogens with zero attached hydrogens (tertiary/aromatic N) is 1. The molecule has 2 nitrogen and oxygen atoms in total. The molecule has 0 unspecified atom stereocenters. The third-order valence-electron chi connectivity index (χ3n) is 3.36. The molecule has 106 valence electrons. The van der Waals surface area contributed by atoms with Crippen LogP contribution in [-0.4, -0.2) is 4.98 Å². The summed E-state index contributed by atoms with van der Waals surface area (Å²) in [5.41, 5.74) is 2.33. The molecule has 0 spiro atoms. The smallest absolute Gasteiger partial charge is 0.134 e. The van der Waals surface area contributed by atoms with Gasteiger partial charge in [-0.2, -0.15) is 0 Å². The Morgan fingerprint density at radius 1 is 1.00 bits per heavy atom. The van der Waals surface area contributed by atoms with E-state index in [0.29, 0.717) is 5.88 Å². The maximum absolute atomic E-state index is 5.87. The van der Waals surface area contributed by atoms with Gasteiger partial charge in [-0.25, -0.2) is 4.98 Å². The van der Waals surface area contributed by atoms with Crippen LogP contribution in [0.4, 0.5) is 5.82 Å². The number of benzene rings is 2. The number of anilines is 1. The average Bonchev–Trinajstić information content (AvgIpc) is 2.53. The SMILES string of the molecule is ClCc1cccc(CNc2nccc3c(Br)cccc23)c1. The standard InChI is InChI=1S/C17H14BrClN2/c18-16-6-2-5-15-14(16)7-8-20-17(15)21-11-13-4-1-3-12(9-13)10-19/h1-9H,10-11H2,(H,20,21). The minimum atomic E-state index is 0.535. The highest BCUT2D eigenvalue weighted by atomic mass is 79.9. The van der Waals surface area contributed by atoms with Gasteiger partial charge in [-0.05, 0) is 23.3 Å². The zero-order valence-corrected chi connectivity index (χ0v) is 13.7. The quantitative estimate of drug-likeness (QED) is 0.634. The lowest BCUT2D eigenvalue weighted by molar-refractivity contribution is 1.11. The summed E-state index contributed by atoms with van der Waals surface area (Å²) >= 11 is 9.45. The largest absolute Gasteiger partial charge is 0.365 e. The van der Waals surface area contributed by atoms with E-state index in [1.54, 1.807) is 0 Å². The van der Waals surface area contributed by atoms with Crippen molar-refractivity contribution in [2.75, 3.05) is 5.32 Å². The molecule has 0 saturated heterocycles. The van der Waals surface area contributed by atoms with Crippen molar-refractivity contribution >= 4 is 44.1 Å². The molecule has 0 amide bonds. The zero-order valence-electron chi connectivity index (χ0n) is 11.3. The summed E-state index contributed by atoms with van der Waals surface area (Å²) in [6.07, 6.45) is 1.82. The van der Waals surface area contributed by atoms with E-state index < -0.39 is 0 Å². The molecule has 0 aliphatic rings. The van der Waals surface area contributed by atoms with Gasteiger partial charge >= 0.3 is 0 Å². The molecule has 3 aromatic rings. The number of aromatic nitrogens is 1. The van der Waals surface area contributed by atoms with E-state index in [4.69, 9.17) is 11.6 Å². The van der Waals surface area contributed by atoms with E-state index in [9.17, 15) is 0 Å². The number of hydrogen-bond acceptors (Lipinski definition) is 2. The van der Waals surface area contributed by atoms with Gasteiger partial charge in [0.1, 0.15) is 5.82 Å². The predicted molar refractivity (Wildman–Crippen MR) is 92.8 cm³/mol. The lowest BCUT2D eigenvalue weighted by Crippen LogP contribution is -2.02. The predicted octanol–water partition coefficient (Wildman–Crippen LogP) is 5.35. The van der Waals surface area contributed by atoms with Crippen LogP contribution in [0.1, 0.15) is 11.1 Å². The molecule has 1 aromatic heterocycles. The Labute approximate surface area is 137 Å². The van der Waals surface area contributed by atoms with Gasteiger partial charge in [-0.1, -0.05) is 52.3 Å². The first kappa shape index (κ1) is 14.4. The van der Waals surface area contributed by atoms with Gasteiger partial charge in [-0.15, -0.1) is 11.6 Å². The minimum absolute atomic E-state index is 0.535. The molecular formula is C17H14BrClN2. The summed E-state index contributed by atoms with van der Waals surface area (Å²) in [5, 5.41) is 5.68. The molecule has 0 aliphatic carbocycles. The van der Waals surface area contributed by atoms with Crippen LogP contribution in [0.2, 0.25) is 0 Å². The number of alkyl halides is 1. The van der Waals surface area contributed by atoms with Crippen molar-refractivity contribution in [2.24, 2.45) is 0 Å². The first-order valence-corrected chi connectivity index (χ1v) is 8.01. The highest BCUT2D eigenvalue weighted by molar-refractivity contribution is 9.10. The number of pyridine rings is 1. The first-order valence-electron chi connectivity index (χ1n) is 6.69. The fourth-order valence-corrected chi connectivity index (χ4v) is 2.98. The molecule has 1 heterocycles. The van der Waals surface area contributed by atoms with Crippen molar-refractivity contribution in [3.8, 4) is 0 Å².